The van der Waals surface area contributed by atoms with Crippen molar-refractivity contribution in [3.63, 3.8) is 0 Å². The lowest BCUT2D eigenvalue weighted by Gasteiger charge is -2.39. The third-order valence-electron chi connectivity index (χ3n) is 4.67. The second kappa shape index (κ2) is 8.79. The van der Waals surface area contributed by atoms with E-state index in [1.165, 1.54) is 57.8 Å². The highest BCUT2D eigenvalue weighted by Gasteiger charge is 2.32. The van der Waals surface area contributed by atoms with Crippen molar-refractivity contribution in [2.24, 2.45) is 17.3 Å². The van der Waals surface area contributed by atoms with Crippen molar-refractivity contribution in [1.29, 1.82) is 0 Å². The van der Waals surface area contributed by atoms with Crippen LogP contribution in [-0.2, 0) is 0 Å². The minimum Gasteiger partial charge on any atom is -0.396 e. The third kappa shape index (κ3) is 6.61. The van der Waals surface area contributed by atoms with Crippen molar-refractivity contribution in [3.8, 4) is 0 Å². The fourth-order valence-corrected chi connectivity index (χ4v) is 3.35. The predicted molar refractivity (Wildman–Crippen MR) is 84.2 cm³/mol. The monoisotopic (exact) mass is 266 g/mol. The van der Waals surface area contributed by atoms with Crippen molar-refractivity contribution in [3.05, 3.63) is 12.2 Å². The molecule has 0 unspecified atom stereocenters. The molecule has 0 spiro atoms. The molecule has 112 valence electrons. The first-order valence-electron chi connectivity index (χ1n) is 8.36. The Balaban J connectivity index is 2.23. The highest BCUT2D eigenvalue weighted by Crippen LogP contribution is 2.42. The maximum absolute atomic E-state index is 9.56. The Bertz CT molecular complexity index is 254. The van der Waals surface area contributed by atoms with Gasteiger partial charge in [-0.3, -0.25) is 0 Å². The number of aliphatic hydroxyl groups is 1. The van der Waals surface area contributed by atoms with Crippen LogP contribution in [0.2, 0.25) is 0 Å². The molecule has 1 aliphatic rings. The molecule has 2 atom stereocenters. The van der Waals surface area contributed by atoms with Gasteiger partial charge in [-0.1, -0.05) is 58.6 Å². The van der Waals surface area contributed by atoms with Gasteiger partial charge in [0.05, 0.1) is 0 Å². The minimum absolute atomic E-state index is 0.356. The van der Waals surface area contributed by atoms with Crippen molar-refractivity contribution in [2.45, 2.75) is 78.6 Å². The number of allylic oxidation sites excluding steroid dienone is 2. The van der Waals surface area contributed by atoms with E-state index in [-0.39, 0.29) is 0 Å². The van der Waals surface area contributed by atoms with Gasteiger partial charge in [0, 0.05) is 6.61 Å². The molecule has 1 N–H and O–H groups in total. The Morgan fingerprint density at radius 1 is 1.16 bits per heavy atom. The van der Waals surface area contributed by atoms with Crippen LogP contribution in [0.25, 0.3) is 0 Å². The highest BCUT2D eigenvalue weighted by atomic mass is 16.3. The van der Waals surface area contributed by atoms with Gasteiger partial charge in [-0.15, -0.1) is 0 Å². The Kier molecular flexibility index (Phi) is 7.75. The average molecular weight is 266 g/mol. The molecule has 0 saturated heterocycles. The van der Waals surface area contributed by atoms with Gasteiger partial charge in [-0.2, -0.15) is 0 Å². The molecule has 1 fully saturated rings. The van der Waals surface area contributed by atoms with Gasteiger partial charge in [-0.25, -0.2) is 0 Å². The Hall–Kier alpha value is -0.300. The van der Waals surface area contributed by atoms with E-state index in [9.17, 15) is 5.11 Å². The number of unbranched alkanes of at least 4 members (excludes halogenated alkanes) is 5. The molecule has 1 rings (SSSR count). The van der Waals surface area contributed by atoms with Crippen LogP contribution in [-0.4, -0.2) is 11.7 Å². The molecular weight excluding hydrogens is 232 g/mol. The zero-order chi connectivity index (χ0) is 14.1. The van der Waals surface area contributed by atoms with Crippen LogP contribution in [0.3, 0.4) is 0 Å². The van der Waals surface area contributed by atoms with Gasteiger partial charge in [0.2, 0.25) is 0 Å². The van der Waals surface area contributed by atoms with E-state index in [0.29, 0.717) is 23.9 Å². The van der Waals surface area contributed by atoms with Crippen molar-refractivity contribution < 1.29 is 5.11 Å². The molecule has 0 aromatic carbocycles. The molecular formula is C18H34O. The average Bonchev–Trinajstić information content (AvgIpc) is 2.38. The molecule has 1 aliphatic carbocycles. The van der Waals surface area contributed by atoms with E-state index in [4.69, 9.17) is 0 Å². The quantitative estimate of drug-likeness (QED) is 0.464. The van der Waals surface area contributed by atoms with Gasteiger partial charge < -0.3 is 5.11 Å². The number of hydrogen-bond acceptors (Lipinski definition) is 1. The van der Waals surface area contributed by atoms with Gasteiger partial charge in [-0.05, 0) is 49.4 Å². The van der Waals surface area contributed by atoms with Crippen LogP contribution in [0.1, 0.15) is 78.6 Å². The van der Waals surface area contributed by atoms with Crippen molar-refractivity contribution >= 4 is 0 Å². The molecule has 0 radical (unpaired) electrons. The van der Waals surface area contributed by atoms with Crippen LogP contribution >= 0.6 is 0 Å². The summed E-state index contributed by atoms with van der Waals surface area (Å²) >= 11 is 0. The van der Waals surface area contributed by atoms with E-state index in [2.05, 4.69) is 32.9 Å². The fraction of sp³-hybridized carbons (Fsp3) is 0.889. The molecule has 1 nitrogen and oxygen atoms in total. The highest BCUT2D eigenvalue weighted by molar-refractivity contribution is 4.96. The molecule has 19 heavy (non-hydrogen) atoms. The van der Waals surface area contributed by atoms with Crippen LogP contribution in [0.15, 0.2) is 12.2 Å². The lowest BCUT2D eigenvalue weighted by atomic mass is 9.67. The fourth-order valence-electron chi connectivity index (χ4n) is 3.35. The maximum atomic E-state index is 9.56. The molecule has 0 amide bonds. The third-order valence-corrected chi connectivity index (χ3v) is 4.67. The number of hydrogen-bond donors (Lipinski definition) is 1. The summed E-state index contributed by atoms with van der Waals surface area (Å²) in [6.07, 6.45) is 16.5. The van der Waals surface area contributed by atoms with Crippen LogP contribution in [0.4, 0.5) is 0 Å². The van der Waals surface area contributed by atoms with Crippen LogP contribution in [0, 0.1) is 17.3 Å². The van der Waals surface area contributed by atoms with Crippen molar-refractivity contribution in [1.82, 2.24) is 0 Å². The van der Waals surface area contributed by atoms with Crippen LogP contribution < -0.4 is 0 Å². The normalized spacial score (nSPS) is 26.9. The standard InChI is InChI=1S/C18H34O/c1-4-5-6-7-8-9-10-11-16-12-13-18(2,3)14-17(16)15-19/h10-11,16-17,19H,4-9,12-15H2,1-3H3/t16-,17+/m1/s1. The summed E-state index contributed by atoms with van der Waals surface area (Å²) in [5, 5.41) is 9.56. The number of aliphatic hydroxyl groups excluding tert-OH is 1. The first-order chi connectivity index (χ1) is 9.09. The SMILES string of the molecule is CCCCCCCC=C[C@@H]1CCC(C)(C)C[C@H]1CO. The van der Waals surface area contributed by atoms with E-state index >= 15 is 0 Å². The molecule has 0 aromatic rings. The Morgan fingerprint density at radius 3 is 2.58 bits per heavy atom. The molecule has 0 bridgehead atoms. The summed E-state index contributed by atoms with van der Waals surface area (Å²) in [7, 11) is 0. The molecule has 0 aromatic heterocycles. The van der Waals surface area contributed by atoms with Gasteiger partial charge in [0.1, 0.15) is 0 Å². The molecule has 1 saturated carbocycles. The number of rotatable bonds is 8. The lowest BCUT2D eigenvalue weighted by Crippen LogP contribution is -2.31. The minimum atomic E-state index is 0.356. The summed E-state index contributed by atoms with van der Waals surface area (Å²) in [5.41, 5.74) is 0.428. The van der Waals surface area contributed by atoms with E-state index in [0.717, 1.165) is 0 Å². The lowest BCUT2D eigenvalue weighted by molar-refractivity contribution is 0.0877. The smallest absolute Gasteiger partial charge is 0.0465 e. The zero-order valence-corrected chi connectivity index (χ0v) is 13.3. The van der Waals surface area contributed by atoms with E-state index < -0.39 is 0 Å². The summed E-state index contributed by atoms with van der Waals surface area (Å²) < 4.78 is 0. The summed E-state index contributed by atoms with van der Waals surface area (Å²) in [6.45, 7) is 7.29. The second-order valence-electron chi connectivity index (χ2n) is 7.14. The van der Waals surface area contributed by atoms with Gasteiger partial charge in [0.15, 0.2) is 0 Å². The summed E-state index contributed by atoms with van der Waals surface area (Å²) in [6, 6.07) is 0. The largest absolute Gasteiger partial charge is 0.396 e. The second-order valence-corrected chi connectivity index (χ2v) is 7.14. The summed E-state index contributed by atoms with van der Waals surface area (Å²) in [4.78, 5) is 0. The Morgan fingerprint density at radius 2 is 1.89 bits per heavy atom. The topological polar surface area (TPSA) is 20.2 Å². The molecule has 0 heterocycles. The van der Waals surface area contributed by atoms with E-state index in [1.807, 2.05) is 0 Å². The maximum Gasteiger partial charge on any atom is 0.0465 e. The first-order valence-corrected chi connectivity index (χ1v) is 8.36. The van der Waals surface area contributed by atoms with Crippen molar-refractivity contribution in [2.75, 3.05) is 6.61 Å². The summed E-state index contributed by atoms with van der Waals surface area (Å²) in [5.74, 6) is 1.11. The van der Waals surface area contributed by atoms with Crippen LogP contribution in [0.5, 0.6) is 0 Å². The van der Waals surface area contributed by atoms with Gasteiger partial charge in [0.25, 0.3) is 0 Å². The van der Waals surface area contributed by atoms with E-state index in [1.54, 1.807) is 0 Å². The predicted octanol–water partition coefficient (Wildman–Crippen LogP) is 5.34. The van der Waals surface area contributed by atoms with Gasteiger partial charge >= 0.3 is 0 Å². The molecule has 1 heteroatoms. The first kappa shape index (κ1) is 16.8. The zero-order valence-electron chi connectivity index (χ0n) is 13.3. The Labute approximate surface area is 120 Å². The molecule has 0 aliphatic heterocycles.